The molecule has 9 nitrogen and oxygen atoms in total. The van der Waals surface area contributed by atoms with Gasteiger partial charge in [-0.1, -0.05) is 5.16 Å². The fraction of sp³-hybridized carbons (Fsp3) is 0.267. The van der Waals surface area contributed by atoms with Crippen LogP contribution in [0.15, 0.2) is 41.2 Å². The molecule has 132 valence electrons. The number of nitrogens with one attached hydrogen (secondary N) is 1. The van der Waals surface area contributed by atoms with Gasteiger partial charge >= 0.3 is 0 Å². The molecule has 0 aliphatic heterocycles. The van der Waals surface area contributed by atoms with Gasteiger partial charge in [0.15, 0.2) is 0 Å². The normalized spacial score (nSPS) is 12.9. The summed E-state index contributed by atoms with van der Waals surface area (Å²) in [5.74, 6) is 1.52. The third-order valence-electron chi connectivity index (χ3n) is 3.53. The van der Waals surface area contributed by atoms with Gasteiger partial charge < -0.3 is 14.8 Å². The van der Waals surface area contributed by atoms with Crippen molar-refractivity contribution in [2.75, 3.05) is 11.0 Å². The van der Waals surface area contributed by atoms with E-state index in [4.69, 9.17) is 10.3 Å². The molecule has 1 unspecified atom stereocenters. The van der Waals surface area contributed by atoms with Crippen molar-refractivity contribution in [3.05, 3.63) is 48.4 Å². The Morgan fingerprint density at radius 2 is 2.04 bits per heavy atom. The Labute approximate surface area is 144 Å². The minimum absolute atomic E-state index is 0.316. The van der Waals surface area contributed by atoms with Gasteiger partial charge in [-0.15, -0.1) is 0 Å². The monoisotopic (exact) mass is 362 g/mol. The first kappa shape index (κ1) is 17.1. The number of aromatic nitrogens is 4. The van der Waals surface area contributed by atoms with Crippen molar-refractivity contribution in [2.45, 2.75) is 12.5 Å². The number of hydrogen-bond donors (Lipinski definition) is 2. The number of hydrogen-bond acceptors (Lipinski definition) is 7. The first-order valence-corrected chi connectivity index (χ1v) is 9.34. The minimum atomic E-state index is -3.31. The molecule has 0 radical (unpaired) electrons. The minimum Gasteiger partial charge on any atom is -0.338 e. The first-order valence-electron chi connectivity index (χ1n) is 7.45. The Balaban J connectivity index is 1.73. The fourth-order valence-electron chi connectivity index (χ4n) is 2.28. The van der Waals surface area contributed by atoms with Crippen LogP contribution in [-0.4, -0.2) is 34.4 Å². The van der Waals surface area contributed by atoms with Gasteiger partial charge in [-0.25, -0.2) is 13.4 Å². The highest BCUT2D eigenvalue weighted by molar-refractivity contribution is 7.92. The van der Waals surface area contributed by atoms with Crippen LogP contribution in [0, 0.1) is 0 Å². The molecule has 0 bridgehead atoms. The quantitative estimate of drug-likeness (QED) is 0.671. The number of anilines is 1. The third-order valence-corrected chi connectivity index (χ3v) is 4.14. The molecule has 0 fully saturated rings. The Morgan fingerprint density at radius 3 is 2.64 bits per heavy atom. The second-order valence-electron chi connectivity index (χ2n) is 5.67. The lowest BCUT2D eigenvalue weighted by atomic mass is 10.2. The Kier molecular flexibility index (Phi) is 4.55. The van der Waals surface area contributed by atoms with Gasteiger partial charge in [-0.3, -0.25) is 4.72 Å². The molecule has 1 atom stereocenters. The van der Waals surface area contributed by atoms with E-state index >= 15 is 0 Å². The van der Waals surface area contributed by atoms with Crippen LogP contribution in [-0.2, 0) is 23.5 Å². The molecule has 10 heteroatoms. The van der Waals surface area contributed by atoms with Crippen molar-refractivity contribution in [3.63, 3.8) is 0 Å². The van der Waals surface area contributed by atoms with Crippen LogP contribution in [0.3, 0.4) is 0 Å². The van der Waals surface area contributed by atoms with E-state index in [2.05, 4.69) is 19.8 Å². The van der Waals surface area contributed by atoms with E-state index in [1.54, 1.807) is 30.5 Å². The summed E-state index contributed by atoms with van der Waals surface area (Å²) < 4.78 is 32.0. The van der Waals surface area contributed by atoms with Gasteiger partial charge in [0.2, 0.25) is 21.7 Å². The summed E-state index contributed by atoms with van der Waals surface area (Å²) in [5.41, 5.74) is 7.27. The fourth-order valence-corrected chi connectivity index (χ4v) is 2.85. The molecule has 2 aromatic heterocycles. The summed E-state index contributed by atoms with van der Waals surface area (Å²) in [6, 6.07) is 6.19. The van der Waals surface area contributed by atoms with E-state index in [1.165, 1.54) is 0 Å². The lowest BCUT2D eigenvalue weighted by Gasteiger charge is -2.06. The molecular weight excluding hydrogens is 344 g/mol. The van der Waals surface area contributed by atoms with E-state index in [0.717, 1.165) is 12.1 Å². The molecule has 0 saturated heterocycles. The molecule has 3 aromatic rings. The standard InChI is InChI=1S/C15H18N6O3S/c1-21-8-7-17-13(21)9-12(16)15-18-14(19-24-15)10-3-5-11(6-4-10)20-25(2,22)23/h3-8,12,20H,9,16H2,1-2H3. The van der Waals surface area contributed by atoms with Gasteiger partial charge in [0.05, 0.1) is 12.3 Å². The molecule has 0 amide bonds. The highest BCUT2D eigenvalue weighted by Crippen LogP contribution is 2.21. The number of nitrogens with two attached hydrogens (primary N) is 1. The lowest BCUT2D eigenvalue weighted by Crippen LogP contribution is -2.16. The second kappa shape index (κ2) is 6.65. The van der Waals surface area contributed by atoms with Crippen LogP contribution in [0.5, 0.6) is 0 Å². The largest absolute Gasteiger partial charge is 0.338 e. The molecule has 3 rings (SSSR count). The maximum Gasteiger partial charge on any atom is 0.244 e. The molecule has 0 aliphatic rings. The first-order chi connectivity index (χ1) is 11.8. The molecule has 25 heavy (non-hydrogen) atoms. The van der Waals surface area contributed by atoms with Crippen LogP contribution < -0.4 is 10.5 Å². The molecule has 3 N–H and O–H groups in total. The van der Waals surface area contributed by atoms with Crippen LogP contribution in [0.1, 0.15) is 17.8 Å². The van der Waals surface area contributed by atoms with Gasteiger partial charge in [0.1, 0.15) is 5.82 Å². The molecule has 0 saturated carbocycles. The summed E-state index contributed by atoms with van der Waals surface area (Å²) in [5, 5.41) is 3.93. The van der Waals surface area contributed by atoms with Crippen LogP contribution >= 0.6 is 0 Å². The summed E-state index contributed by atoms with van der Waals surface area (Å²) in [6.07, 6.45) is 5.11. The number of sulfonamides is 1. The smallest absolute Gasteiger partial charge is 0.244 e. The molecular formula is C15H18N6O3S. The number of nitrogens with zero attached hydrogens (tertiary/aromatic N) is 4. The Bertz CT molecular complexity index is 961. The number of rotatable bonds is 6. The van der Waals surface area contributed by atoms with Crippen LogP contribution in [0.25, 0.3) is 11.4 Å². The van der Waals surface area contributed by atoms with Crippen molar-refractivity contribution in [1.82, 2.24) is 19.7 Å². The summed E-state index contributed by atoms with van der Waals surface area (Å²) in [4.78, 5) is 8.54. The average Bonchev–Trinajstić information content (AvgIpc) is 3.16. The van der Waals surface area contributed by atoms with Crippen molar-refractivity contribution in [3.8, 4) is 11.4 Å². The molecule has 0 spiro atoms. The average molecular weight is 362 g/mol. The van der Waals surface area contributed by atoms with E-state index in [-0.39, 0.29) is 0 Å². The molecule has 2 heterocycles. The van der Waals surface area contributed by atoms with E-state index in [9.17, 15) is 8.42 Å². The lowest BCUT2D eigenvalue weighted by molar-refractivity contribution is 0.352. The maximum absolute atomic E-state index is 11.2. The summed E-state index contributed by atoms with van der Waals surface area (Å²) in [6.45, 7) is 0. The van der Waals surface area contributed by atoms with Crippen molar-refractivity contribution >= 4 is 15.7 Å². The number of benzene rings is 1. The number of imidazole rings is 1. The van der Waals surface area contributed by atoms with Gasteiger partial charge in [0.25, 0.3) is 0 Å². The third kappa shape index (κ3) is 4.22. The van der Waals surface area contributed by atoms with E-state index in [1.807, 2.05) is 17.8 Å². The highest BCUT2D eigenvalue weighted by atomic mass is 32.2. The SMILES string of the molecule is Cn1ccnc1CC(N)c1nc(-c2ccc(NS(C)(=O)=O)cc2)no1. The highest BCUT2D eigenvalue weighted by Gasteiger charge is 2.18. The zero-order valence-electron chi connectivity index (χ0n) is 13.7. The molecule has 0 aliphatic carbocycles. The second-order valence-corrected chi connectivity index (χ2v) is 7.42. The van der Waals surface area contributed by atoms with Crippen LogP contribution in [0.2, 0.25) is 0 Å². The van der Waals surface area contributed by atoms with Crippen molar-refractivity contribution in [1.29, 1.82) is 0 Å². The summed E-state index contributed by atoms with van der Waals surface area (Å²) >= 11 is 0. The zero-order chi connectivity index (χ0) is 18.0. The van der Waals surface area contributed by atoms with Gasteiger partial charge in [-0.05, 0) is 24.3 Å². The van der Waals surface area contributed by atoms with Gasteiger partial charge in [-0.2, -0.15) is 4.98 Å². The van der Waals surface area contributed by atoms with Crippen LogP contribution in [0.4, 0.5) is 5.69 Å². The number of aryl methyl sites for hydroxylation is 1. The zero-order valence-corrected chi connectivity index (χ0v) is 14.6. The van der Waals surface area contributed by atoms with E-state index < -0.39 is 16.1 Å². The molecule has 1 aromatic carbocycles. The Hall–Kier alpha value is -2.72. The van der Waals surface area contributed by atoms with E-state index in [0.29, 0.717) is 29.4 Å². The predicted molar refractivity (Wildman–Crippen MR) is 92.0 cm³/mol. The van der Waals surface area contributed by atoms with Gasteiger partial charge in [0, 0.05) is 37.1 Å². The topological polar surface area (TPSA) is 129 Å². The van der Waals surface area contributed by atoms with Crippen molar-refractivity contribution < 1.29 is 12.9 Å². The Morgan fingerprint density at radius 1 is 1.32 bits per heavy atom. The maximum atomic E-state index is 11.2. The summed E-state index contributed by atoms with van der Waals surface area (Å²) in [7, 11) is -1.43. The van der Waals surface area contributed by atoms with Crippen molar-refractivity contribution in [2.24, 2.45) is 12.8 Å². The predicted octanol–water partition coefficient (Wildman–Crippen LogP) is 1.08.